The van der Waals surface area contributed by atoms with Gasteiger partial charge in [0.1, 0.15) is 6.54 Å². The Morgan fingerprint density at radius 3 is 2.50 bits per heavy atom. The third-order valence-corrected chi connectivity index (χ3v) is 7.46. The Kier molecular flexibility index (Phi) is 7.68. The number of aromatic nitrogens is 1. The lowest BCUT2D eigenvalue weighted by Crippen LogP contribution is -2.65. The van der Waals surface area contributed by atoms with Gasteiger partial charge in [-0.1, -0.05) is 36.5 Å². The summed E-state index contributed by atoms with van der Waals surface area (Å²) in [5.41, 5.74) is 7.19. The Balaban J connectivity index is 1.71. The molecular formula is C26H26Cl2N4O6. The summed E-state index contributed by atoms with van der Waals surface area (Å²) in [7, 11) is 1.19. The molecule has 4 rings (SSSR count). The first-order valence-electron chi connectivity index (χ1n) is 12.0. The van der Waals surface area contributed by atoms with Gasteiger partial charge in [0.25, 0.3) is 0 Å². The molecule has 12 heteroatoms. The number of benzene rings is 1. The SMILES string of the molecule is CCCCOC1=C[N@+](CCC(=O)c2ccc3n2CC(C(N)=O)=C3)(N(C)C(=O)[O-])C(=O)c2cc(Cl)c(Cl)cc21. The van der Waals surface area contributed by atoms with Crippen molar-refractivity contribution in [1.29, 1.82) is 0 Å². The van der Waals surface area contributed by atoms with Gasteiger partial charge < -0.3 is 24.9 Å². The number of quaternary nitrogens is 1. The lowest BCUT2D eigenvalue weighted by molar-refractivity contribution is -0.906. The van der Waals surface area contributed by atoms with E-state index in [1.165, 1.54) is 25.4 Å². The van der Waals surface area contributed by atoms with Crippen molar-refractivity contribution in [3.63, 3.8) is 0 Å². The van der Waals surface area contributed by atoms with Gasteiger partial charge in [-0.15, -0.1) is 4.59 Å². The maximum Gasteiger partial charge on any atom is 0.375 e. The molecule has 2 aliphatic heterocycles. The van der Waals surface area contributed by atoms with Gasteiger partial charge in [-0.25, -0.2) is 4.79 Å². The second-order valence-electron chi connectivity index (χ2n) is 9.09. The van der Waals surface area contributed by atoms with Crippen molar-refractivity contribution < 1.29 is 33.6 Å². The highest BCUT2D eigenvalue weighted by Gasteiger charge is 2.48. The number of primary amides is 1. The summed E-state index contributed by atoms with van der Waals surface area (Å²) < 4.78 is 6.71. The number of carboxylic acid groups (broad SMARTS) is 1. The predicted octanol–water partition coefficient (Wildman–Crippen LogP) is 3.23. The van der Waals surface area contributed by atoms with Crippen LogP contribution in [0.5, 0.6) is 0 Å². The molecule has 0 fully saturated rings. The quantitative estimate of drug-likeness (QED) is 0.269. The molecule has 0 spiro atoms. The molecule has 200 valence electrons. The number of hydrogen-bond donors (Lipinski definition) is 1. The number of carbonyl (C=O) groups is 4. The van der Waals surface area contributed by atoms with Crippen molar-refractivity contribution in [2.45, 2.75) is 32.7 Å². The van der Waals surface area contributed by atoms with E-state index in [4.69, 9.17) is 33.7 Å². The zero-order chi connectivity index (χ0) is 27.8. The van der Waals surface area contributed by atoms with Crippen LogP contribution in [0.3, 0.4) is 0 Å². The number of halogens is 2. The first-order chi connectivity index (χ1) is 18.0. The number of ether oxygens (including phenoxy) is 1. The number of ketones is 1. The minimum Gasteiger partial charge on any atom is -0.526 e. The van der Waals surface area contributed by atoms with E-state index in [0.717, 1.165) is 17.9 Å². The number of nitrogens with zero attached hydrogens (tertiary/aromatic N) is 3. The van der Waals surface area contributed by atoms with E-state index in [0.29, 0.717) is 29.1 Å². The van der Waals surface area contributed by atoms with Crippen LogP contribution in [0.25, 0.3) is 11.8 Å². The summed E-state index contributed by atoms with van der Waals surface area (Å²) in [5.74, 6) is -1.33. The monoisotopic (exact) mass is 560 g/mol. The van der Waals surface area contributed by atoms with Gasteiger partial charge in [-0.2, -0.15) is 5.01 Å². The van der Waals surface area contributed by atoms with Gasteiger partial charge >= 0.3 is 5.91 Å². The zero-order valence-electron chi connectivity index (χ0n) is 20.8. The van der Waals surface area contributed by atoms with Gasteiger partial charge in [0.15, 0.2) is 23.8 Å². The molecule has 1 aromatic carbocycles. The molecule has 1 atom stereocenters. The Morgan fingerprint density at radius 1 is 1.18 bits per heavy atom. The number of fused-ring (bicyclic) bond motifs is 2. The van der Waals surface area contributed by atoms with Crippen LogP contribution >= 0.6 is 23.2 Å². The van der Waals surface area contributed by atoms with Gasteiger partial charge in [0, 0.05) is 16.8 Å². The summed E-state index contributed by atoms with van der Waals surface area (Å²) in [5, 5.41) is 13.1. The van der Waals surface area contributed by atoms with E-state index in [1.54, 1.807) is 22.8 Å². The molecule has 0 radical (unpaired) electrons. The lowest BCUT2D eigenvalue weighted by Gasteiger charge is -2.42. The first-order valence-corrected chi connectivity index (χ1v) is 12.7. The van der Waals surface area contributed by atoms with Crippen LogP contribution in [0.15, 0.2) is 36.0 Å². The molecule has 2 aliphatic rings. The fourth-order valence-electron chi connectivity index (χ4n) is 4.56. The molecule has 2 aromatic rings. The van der Waals surface area contributed by atoms with Gasteiger partial charge in [0.2, 0.25) is 5.91 Å². The maximum atomic E-state index is 13.9. The fraction of sp³-hybridized carbons (Fsp3) is 0.308. The molecule has 0 saturated heterocycles. The smallest absolute Gasteiger partial charge is 0.375 e. The summed E-state index contributed by atoms with van der Waals surface area (Å²) in [6.45, 7) is 2.20. The number of hydrogen-bond acceptors (Lipinski definition) is 6. The predicted molar refractivity (Wildman–Crippen MR) is 138 cm³/mol. The normalized spacial score (nSPS) is 17.8. The average Bonchev–Trinajstić information content (AvgIpc) is 3.47. The molecule has 3 amide bonds. The van der Waals surface area contributed by atoms with Crippen molar-refractivity contribution in [3.05, 3.63) is 68.6 Å². The van der Waals surface area contributed by atoms with E-state index >= 15 is 0 Å². The molecule has 3 heterocycles. The van der Waals surface area contributed by atoms with Crippen LogP contribution in [0, 0.1) is 0 Å². The second-order valence-corrected chi connectivity index (χ2v) is 9.90. The summed E-state index contributed by atoms with van der Waals surface area (Å²) in [4.78, 5) is 50.8. The molecule has 10 nitrogen and oxygen atoms in total. The maximum absolute atomic E-state index is 13.9. The van der Waals surface area contributed by atoms with E-state index < -0.39 is 22.5 Å². The topological polar surface area (TPSA) is 135 Å². The van der Waals surface area contributed by atoms with Crippen LogP contribution in [0.1, 0.15) is 58.3 Å². The highest BCUT2D eigenvalue weighted by atomic mass is 35.5. The lowest BCUT2D eigenvalue weighted by atomic mass is 10.00. The summed E-state index contributed by atoms with van der Waals surface area (Å²) >= 11 is 12.4. The van der Waals surface area contributed by atoms with Crippen molar-refractivity contribution in [3.8, 4) is 0 Å². The van der Waals surface area contributed by atoms with Gasteiger partial charge in [-0.3, -0.25) is 9.59 Å². The number of carbonyl (C=O) groups excluding carboxylic acids is 4. The molecule has 38 heavy (non-hydrogen) atoms. The Morgan fingerprint density at radius 2 is 1.87 bits per heavy atom. The van der Waals surface area contributed by atoms with Crippen molar-refractivity contribution in [1.82, 2.24) is 9.58 Å². The van der Waals surface area contributed by atoms with E-state index in [1.807, 2.05) is 6.92 Å². The largest absolute Gasteiger partial charge is 0.526 e. The van der Waals surface area contributed by atoms with Crippen LogP contribution in [0.4, 0.5) is 4.79 Å². The fourth-order valence-corrected chi connectivity index (χ4v) is 4.88. The average molecular weight is 561 g/mol. The van der Waals surface area contributed by atoms with Crippen LogP contribution < -0.4 is 10.8 Å². The number of rotatable bonds is 10. The minimum absolute atomic E-state index is 0.104. The van der Waals surface area contributed by atoms with Crippen molar-refractivity contribution >= 4 is 58.7 Å². The van der Waals surface area contributed by atoms with Gasteiger partial charge in [-0.05, 0) is 36.8 Å². The standard InChI is InChI=1S/C26H26Cl2N4O6/c1-3-4-9-38-23-14-32(30(2)26(36)37,25(35)18-12-20(28)19(27)11-17(18)23)8-7-22(33)21-6-5-16-10-15(24(29)34)13-31(16)21/h5-6,10-12,14H,3-4,7-9,13H2,1-2H3,(H2-,29,34,36,37)/t32-/m0/s1. The molecule has 0 bridgehead atoms. The minimum atomic E-state index is -1.63. The zero-order valence-corrected chi connectivity index (χ0v) is 22.3. The summed E-state index contributed by atoms with van der Waals surface area (Å²) in [6, 6.07) is 6.17. The van der Waals surface area contributed by atoms with Crippen molar-refractivity contribution in [2.75, 3.05) is 20.2 Å². The van der Waals surface area contributed by atoms with E-state index in [-0.39, 0.29) is 46.7 Å². The third kappa shape index (κ3) is 4.82. The number of amides is 3. The van der Waals surface area contributed by atoms with Gasteiger partial charge in [0.05, 0.1) is 47.9 Å². The molecule has 0 aliphatic carbocycles. The molecule has 0 unspecified atom stereocenters. The Hall–Kier alpha value is -3.60. The van der Waals surface area contributed by atoms with E-state index in [9.17, 15) is 24.3 Å². The van der Waals surface area contributed by atoms with E-state index in [2.05, 4.69) is 0 Å². The molecule has 2 N–H and O–H groups in total. The van der Waals surface area contributed by atoms with Crippen LogP contribution in [-0.2, 0) is 16.1 Å². The Bertz CT molecular complexity index is 1410. The number of Topliss-reactive ketones (excluding diaryl/α,β-unsaturated/α-hetero) is 1. The number of nitrogens with two attached hydrogens (primary N) is 1. The molecular weight excluding hydrogens is 535 g/mol. The molecule has 1 aromatic heterocycles. The third-order valence-electron chi connectivity index (χ3n) is 6.74. The van der Waals surface area contributed by atoms with Crippen molar-refractivity contribution in [2.24, 2.45) is 5.73 Å². The first kappa shape index (κ1) is 27.4. The highest BCUT2D eigenvalue weighted by molar-refractivity contribution is 6.42. The van der Waals surface area contributed by atoms with Crippen LogP contribution in [-0.4, -0.2) is 58.1 Å². The number of unbranched alkanes of at least 4 members (excludes halogenated alkanes) is 1. The second kappa shape index (κ2) is 10.6. The van der Waals surface area contributed by atoms with Crippen LogP contribution in [0.2, 0.25) is 10.0 Å². The Labute approximate surface area is 229 Å². The molecule has 0 saturated carbocycles. The highest BCUT2D eigenvalue weighted by Crippen LogP contribution is 2.38. The summed E-state index contributed by atoms with van der Waals surface area (Å²) in [6.07, 6.45) is 2.70.